The first-order valence-corrected chi connectivity index (χ1v) is 7.88. The number of ether oxygens (including phenoxy) is 1. The number of nitrogens with two attached hydrogens (primary N) is 1. The van der Waals surface area contributed by atoms with Crippen molar-refractivity contribution in [1.29, 1.82) is 0 Å². The summed E-state index contributed by atoms with van der Waals surface area (Å²) in [5.41, 5.74) is -0.433. The molecule has 2 aliphatic heterocycles. The van der Waals surface area contributed by atoms with E-state index in [9.17, 15) is 18.8 Å². The Labute approximate surface area is 139 Å². The van der Waals surface area contributed by atoms with E-state index in [0.29, 0.717) is 12.0 Å². The van der Waals surface area contributed by atoms with Crippen molar-refractivity contribution < 1.29 is 28.8 Å². The molecule has 0 bridgehead atoms. The van der Waals surface area contributed by atoms with Gasteiger partial charge in [0.05, 0.1) is 7.11 Å². The smallest absolute Gasteiger partial charge is 0.368 e. The lowest BCUT2D eigenvalue weighted by molar-refractivity contribution is -0.734. The van der Waals surface area contributed by atoms with Gasteiger partial charge in [0.2, 0.25) is 17.4 Å². The zero-order valence-corrected chi connectivity index (χ0v) is 13.8. The van der Waals surface area contributed by atoms with Crippen LogP contribution in [-0.4, -0.2) is 42.4 Å². The number of fused-ring (bicyclic) bond motifs is 1. The predicted octanol–water partition coefficient (Wildman–Crippen LogP) is -0.00340. The Kier molecular flexibility index (Phi) is 3.91. The maximum atomic E-state index is 13.2. The number of rotatable bonds is 3. The summed E-state index contributed by atoms with van der Waals surface area (Å²) in [6.07, 6.45) is 0.353. The van der Waals surface area contributed by atoms with Crippen LogP contribution in [0.15, 0.2) is 24.3 Å². The molecule has 24 heavy (non-hydrogen) atoms. The van der Waals surface area contributed by atoms with Crippen molar-refractivity contribution in [3.63, 3.8) is 0 Å². The van der Waals surface area contributed by atoms with E-state index >= 15 is 0 Å². The van der Waals surface area contributed by atoms with Gasteiger partial charge in [0.25, 0.3) is 0 Å². The standard InChI is InChI=1S/C17H19FN2O4/c1-4-17(16(23)24-3)12-11(14(21)20(2)15(12)22)13(19-17)9-5-7-10(18)8-6-9/h5-8,11-13,19H,4H2,1-3H3/p+1/t11-,12+,13-,17+/m0/s1. The molecule has 2 N–H and O–H groups in total. The maximum Gasteiger partial charge on any atom is 0.368 e. The minimum Gasteiger partial charge on any atom is -0.464 e. The molecule has 0 radical (unpaired) electrons. The molecule has 2 fully saturated rings. The minimum atomic E-state index is -1.14. The molecule has 2 amide bonds. The van der Waals surface area contributed by atoms with E-state index in [1.165, 1.54) is 26.3 Å². The Hall–Kier alpha value is -2.28. The zero-order chi connectivity index (χ0) is 17.6. The molecule has 0 aliphatic carbocycles. The number of esters is 1. The molecule has 2 aliphatic rings. The van der Waals surface area contributed by atoms with Crippen LogP contribution in [0.3, 0.4) is 0 Å². The van der Waals surface area contributed by atoms with E-state index in [0.717, 1.165) is 4.90 Å². The van der Waals surface area contributed by atoms with Crippen molar-refractivity contribution >= 4 is 17.8 Å². The molecule has 0 spiro atoms. The van der Waals surface area contributed by atoms with Crippen molar-refractivity contribution in [3.05, 3.63) is 35.6 Å². The van der Waals surface area contributed by atoms with Crippen LogP contribution in [-0.2, 0) is 19.1 Å². The van der Waals surface area contributed by atoms with Crippen LogP contribution in [0.5, 0.6) is 0 Å². The summed E-state index contributed by atoms with van der Waals surface area (Å²) in [6, 6.07) is 5.37. The van der Waals surface area contributed by atoms with Crippen LogP contribution in [0.25, 0.3) is 0 Å². The first-order valence-electron chi connectivity index (χ1n) is 7.88. The number of hydrogen-bond donors (Lipinski definition) is 1. The van der Waals surface area contributed by atoms with Crippen molar-refractivity contribution in [2.24, 2.45) is 11.8 Å². The Morgan fingerprint density at radius 3 is 2.46 bits per heavy atom. The Morgan fingerprint density at radius 2 is 1.92 bits per heavy atom. The highest BCUT2D eigenvalue weighted by atomic mass is 19.1. The van der Waals surface area contributed by atoms with Crippen molar-refractivity contribution in [1.82, 2.24) is 4.90 Å². The van der Waals surface area contributed by atoms with Crippen molar-refractivity contribution in [3.8, 4) is 0 Å². The number of carbonyl (C=O) groups is 3. The van der Waals surface area contributed by atoms with E-state index in [1.807, 2.05) is 0 Å². The molecule has 0 unspecified atom stereocenters. The second-order valence-electron chi connectivity index (χ2n) is 6.37. The van der Waals surface area contributed by atoms with Crippen LogP contribution >= 0.6 is 0 Å². The third-order valence-corrected chi connectivity index (χ3v) is 5.40. The monoisotopic (exact) mass is 335 g/mol. The van der Waals surface area contributed by atoms with Crippen LogP contribution < -0.4 is 5.32 Å². The quantitative estimate of drug-likeness (QED) is 0.623. The van der Waals surface area contributed by atoms with Gasteiger partial charge in [-0.05, 0) is 12.1 Å². The Balaban J connectivity index is 2.12. The number of nitrogens with zero attached hydrogens (tertiary/aromatic N) is 1. The predicted molar refractivity (Wildman–Crippen MR) is 80.9 cm³/mol. The summed E-state index contributed by atoms with van der Waals surface area (Å²) in [5.74, 6) is -3.00. The molecule has 128 valence electrons. The van der Waals surface area contributed by atoms with Gasteiger partial charge >= 0.3 is 5.97 Å². The average molecular weight is 335 g/mol. The molecule has 4 atom stereocenters. The van der Waals surface area contributed by atoms with E-state index in [4.69, 9.17) is 4.74 Å². The average Bonchev–Trinajstić information content (AvgIpc) is 3.05. The lowest BCUT2D eigenvalue weighted by atomic mass is 9.78. The number of quaternary nitrogens is 1. The SMILES string of the molecule is CC[C@@]1(C(=O)OC)[NH2+][C@@H](c2ccc(F)cc2)[C@H]2C(=O)N(C)C(=O)[C@@H]21. The number of methoxy groups -OCH3 is 1. The maximum absolute atomic E-state index is 13.2. The van der Waals surface area contributed by atoms with Crippen molar-refractivity contribution in [2.45, 2.75) is 24.9 Å². The number of carbonyl (C=O) groups excluding carboxylic acids is 3. The second kappa shape index (κ2) is 5.66. The zero-order valence-electron chi connectivity index (χ0n) is 13.8. The molecule has 0 aromatic heterocycles. The number of likely N-dealkylation sites (tertiary alicyclic amines) is 1. The molecule has 6 nitrogen and oxygen atoms in total. The number of imide groups is 1. The molecular formula is C17H20FN2O4+. The van der Waals surface area contributed by atoms with Gasteiger partial charge in [-0.15, -0.1) is 0 Å². The number of amides is 2. The topological polar surface area (TPSA) is 80.3 Å². The molecule has 1 aromatic rings. The third-order valence-electron chi connectivity index (χ3n) is 5.40. The lowest BCUT2D eigenvalue weighted by Gasteiger charge is -2.27. The van der Waals surface area contributed by atoms with E-state index in [-0.39, 0.29) is 17.6 Å². The summed E-state index contributed by atoms with van der Waals surface area (Å²) < 4.78 is 18.2. The summed E-state index contributed by atoms with van der Waals surface area (Å²) in [5, 5.41) is 1.75. The molecule has 1 aromatic carbocycles. The summed E-state index contributed by atoms with van der Waals surface area (Å²) in [6.45, 7) is 1.80. The third kappa shape index (κ3) is 2.07. The highest BCUT2D eigenvalue weighted by Crippen LogP contribution is 2.45. The summed E-state index contributed by atoms with van der Waals surface area (Å²) in [4.78, 5) is 38.9. The number of halogens is 1. The van der Waals surface area contributed by atoms with Gasteiger partial charge in [0.1, 0.15) is 23.7 Å². The fourth-order valence-electron chi connectivity index (χ4n) is 4.12. The fraction of sp³-hybridized carbons (Fsp3) is 0.471. The van der Waals surface area contributed by atoms with Crippen molar-refractivity contribution in [2.75, 3.05) is 14.2 Å². The molecule has 7 heteroatoms. The minimum absolute atomic E-state index is 0.310. The summed E-state index contributed by atoms with van der Waals surface area (Å²) in [7, 11) is 2.71. The van der Waals surface area contributed by atoms with E-state index in [1.54, 1.807) is 24.4 Å². The summed E-state index contributed by atoms with van der Waals surface area (Å²) >= 11 is 0. The normalized spacial score (nSPS) is 32.2. The highest BCUT2D eigenvalue weighted by Gasteiger charge is 2.71. The Morgan fingerprint density at radius 1 is 1.29 bits per heavy atom. The van der Waals surface area contributed by atoms with Crippen LogP contribution in [0.2, 0.25) is 0 Å². The van der Waals surface area contributed by atoms with Crippen LogP contribution in [0.1, 0.15) is 24.9 Å². The highest BCUT2D eigenvalue weighted by molar-refractivity contribution is 6.08. The van der Waals surface area contributed by atoms with E-state index < -0.39 is 29.4 Å². The molecule has 2 saturated heterocycles. The van der Waals surface area contributed by atoms with E-state index in [2.05, 4.69) is 0 Å². The van der Waals surface area contributed by atoms with Gasteiger partial charge in [-0.2, -0.15) is 0 Å². The molecule has 3 rings (SSSR count). The molecular weight excluding hydrogens is 315 g/mol. The lowest BCUT2D eigenvalue weighted by Crippen LogP contribution is -2.98. The Bertz CT molecular complexity index is 705. The van der Waals surface area contributed by atoms with Gasteiger partial charge in [-0.25, -0.2) is 9.18 Å². The number of benzene rings is 1. The molecule has 0 saturated carbocycles. The largest absolute Gasteiger partial charge is 0.464 e. The van der Waals surface area contributed by atoms with Crippen LogP contribution in [0.4, 0.5) is 4.39 Å². The molecule has 2 heterocycles. The van der Waals surface area contributed by atoms with Gasteiger partial charge in [0.15, 0.2) is 0 Å². The van der Waals surface area contributed by atoms with Gasteiger partial charge in [-0.3, -0.25) is 14.5 Å². The first-order chi connectivity index (χ1) is 11.4. The fourth-order valence-corrected chi connectivity index (χ4v) is 4.12. The van der Waals surface area contributed by atoms with Gasteiger partial charge < -0.3 is 10.1 Å². The number of hydrogen-bond acceptors (Lipinski definition) is 4. The van der Waals surface area contributed by atoms with Gasteiger partial charge in [0, 0.05) is 19.0 Å². The first kappa shape index (κ1) is 16.6. The van der Waals surface area contributed by atoms with Crippen LogP contribution in [0, 0.1) is 17.7 Å². The second-order valence-corrected chi connectivity index (χ2v) is 6.37. The van der Waals surface area contributed by atoms with Gasteiger partial charge in [-0.1, -0.05) is 19.1 Å².